The van der Waals surface area contributed by atoms with Gasteiger partial charge in [0.25, 0.3) is 0 Å². The van der Waals surface area contributed by atoms with Gasteiger partial charge in [-0.2, -0.15) is 4.89 Å². The molecule has 0 aromatic carbocycles. The largest absolute Gasteiger partial charge is 0.540 e. The van der Waals surface area contributed by atoms with Gasteiger partial charge >= 0.3 is 6.16 Å². The van der Waals surface area contributed by atoms with Gasteiger partial charge in [-0.15, -0.1) is 0 Å². The molecule has 0 heterocycles. The van der Waals surface area contributed by atoms with Gasteiger partial charge in [0.05, 0.1) is 7.11 Å². The minimum absolute atomic E-state index is 0.123. The molecule has 0 aliphatic rings. The van der Waals surface area contributed by atoms with Crippen LogP contribution in [0.2, 0.25) is 0 Å². The lowest BCUT2D eigenvalue weighted by Gasteiger charge is -2.07. The maximum Gasteiger partial charge on any atom is 0.540 e. The van der Waals surface area contributed by atoms with Gasteiger partial charge in [-0.25, -0.2) is 4.79 Å². The molecule has 0 aliphatic carbocycles. The third-order valence-corrected chi connectivity index (χ3v) is 1.02. The Morgan fingerprint density at radius 3 is 2.60 bits per heavy atom. The Labute approximate surface area is 60.0 Å². The second-order valence-electron chi connectivity index (χ2n) is 1.84. The van der Waals surface area contributed by atoms with Gasteiger partial charge in [-0.1, -0.05) is 6.92 Å². The van der Waals surface area contributed by atoms with Crippen molar-refractivity contribution in [2.24, 2.45) is 0 Å². The summed E-state index contributed by atoms with van der Waals surface area (Å²) in [5.74, 6) is 0. The molecule has 0 aromatic heterocycles. The van der Waals surface area contributed by atoms with Gasteiger partial charge in [0.15, 0.2) is 0 Å². The molecule has 0 fully saturated rings. The number of rotatable bonds is 3. The van der Waals surface area contributed by atoms with Crippen LogP contribution >= 0.6 is 0 Å². The highest BCUT2D eigenvalue weighted by atomic mass is 17.2. The lowest BCUT2D eigenvalue weighted by Crippen LogP contribution is -2.14. The third kappa shape index (κ3) is 4.14. The average molecular weight is 148 g/mol. The van der Waals surface area contributed by atoms with E-state index in [1.807, 2.05) is 6.92 Å². The van der Waals surface area contributed by atoms with Gasteiger partial charge in [-0.05, 0) is 13.3 Å². The molecule has 0 radical (unpaired) electrons. The van der Waals surface area contributed by atoms with Crippen LogP contribution in [0.3, 0.4) is 0 Å². The quantitative estimate of drug-likeness (QED) is 0.345. The zero-order chi connectivity index (χ0) is 7.98. The molecule has 10 heavy (non-hydrogen) atoms. The maximum atomic E-state index is 10.4. The van der Waals surface area contributed by atoms with Crippen LogP contribution in [0.25, 0.3) is 0 Å². The molecule has 0 bridgehead atoms. The first kappa shape index (κ1) is 9.23. The second kappa shape index (κ2) is 5.05. The number of ether oxygens (including phenoxy) is 1. The van der Waals surface area contributed by atoms with E-state index in [1.54, 1.807) is 6.92 Å². The summed E-state index contributed by atoms with van der Waals surface area (Å²) in [4.78, 5) is 18.6. The molecule has 0 amide bonds. The number of hydrogen-bond acceptors (Lipinski definition) is 4. The molecule has 0 rings (SSSR count). The van der Waals surface area contributed by atoms with Gasteiger partial charge in [0.2, 0.25) is 0 Å². The molecule has 0 aliphatic heterocycles. The highest BCUT2D eigenvalue weighted by molar-refractivity contribution is 5.59. The van der Waals surface area contributed by atoms with Crippen molar-refractivity contribution in [2.45, 2.75) is 26.4 Å². The molecular weight excluding hydrogens is 136 g/mol. The number of carbonyl (C=O) groups is 1. The fourth-order valence-corrected chi connectivity index (χ4v) is 0.335. The Hall–Kier alpha value is -0.770. The Bertz CT molecular complexity index is 102. The summed E-state index contributed by atoms with van der Waals surface area (Å²) in [6.45, 7) is 3.68. The smallest absolute Gasteiger partial charge is 0.429 e. The van der Waals surface area contributed by atoms with E-state index in [2.05, 4.69) is 14.5 Å². The SMILES string of the molecule is CCC(C)OC(=O)OOC. The monoisotopic (exact) mass is 148 g/mol. The molecular formula is C6H12O4. The fraction of sp³-hybridized carbons (Fsp3) is 0.833. The summed E-state index contributed by atoms with van der Waals surface area (Å²) in [7, 11) is 1.25. The van der Waals surface area contributed by atoms with Gasteiger partial charge in [-0.3, -0.25) is 4.89 Å². The molecule has 1 atom stereocenters. The predicted octanol–water partition coefficient (Wildman–Crippen LogP) is 1.50. The summed E-state index contributed by atoms with van der Waals surface area (Å²) >= 11 is 0. The van der Waals surface area contributed by atoms with E-state index in [-0.39, 0.29) is 6.10 Å². The molecule has 4 heteroatoms. The second-order valence-corrected chi connectivity index (χ2v) is 1.84. The van der Waals surface area contributed by atoms with Crippen molar-refractivity contribution in [3.05, 3.63) is 0 Å². The Balaban J connectivity index is 3.37. The lowest BCUT2D eigenvalue weighted by molar-refractivity contribution is -0.234. The van der Waals surface area contributed by atoms with Crippen LogP contribution in [-0.4, -0.2) is 19.4 Å². The summed E-state index contributed by atoms with van der Waals surface area (Å²) in [6.07, 6.45) is -0.154. The number of carbonyl (C=O) groups excluding carboxylic acids is 1. The minimum atomic E-state index is -0.795. The van der Waals surface area contributed by atoms with Crippen LogP contribution in [0, 0.1) is 0 Å². The summed E-state index contributed by atoms with van der Waals surface area (Å²) in [6, 6.07) is 0. The van der Waals surface area contributed by atoms with Crippen LogP contribution < -0.4 is 0 Å². The Kier molecular flexibility index (Phi) is 4.66. The van der Waals surface area contributed by atoms with Crippen molar-refractivity contribution < 1.29 is 19.3 Å². The summed E-state index contributed by atoms with van der Waals surface area (Å²) in [5, 5.41) is 0. The first-order valence-electron chi connectivity index (χ1n) is 3.12. The molecule has 0 saturated carbocycles. The van der Waals surface area contributed by atoms with E-state index < -0.39 is 6.16 Å². The van der Waals surface area contributed by atoms with E-state index in [4.69, 9.17) is 0 Å². The molecule has 60 valence electrons. The molecule has 0 aromatic rings. The van der Waals surface area contributed by atoms with Crippen molar-refractivity contribution in [1.82, 2.24) is 0 Å². The van der Waals surface area contributed by atoms with Gasteiger partial charge in [0.1, 0.15) is 6.10 Å². The maximum absolute atomic E-state index is 10.4. The first-order valence-corrected chi connectivity index (χ1v) is 3.12. The zero-order valence-electron chi connectivity index (χ0n) is 6.42. The van der Waals surface area contributed by atoms with E-state index >= 15 is 0 Å². The predicted molar refractivity (Wildman–Crippen MR) is 34.3 cm³/mol. The normalized spacial score (nSPS) is 12.3. The van der Waals surface area contributed by atoms with E-state index in [0.717, 1.165) is 6.42 Å². The summed E-state index contributed by atoms with van der Waals surface area (Å²) < 4.78 is 4.65. The average Bonchev–Trinajstić information content (AvgIpc) is 1.88. The molecule has 0 saturated heterocycles. The van der Waals surface area contributed by atoms with Crippen molar-refractivity contribution in [2.75, 3.05) is 7.11 Å². The fourth-order valence-electron chi connectivity index (χ4n) is 0.335. The van der Waals surface area contributed by atoms with E-state index in [1.165, 1.54) is 7.11 Å². The van der Waals surface area contributed by atoms with Crippen LogP contribution in [0.1, 0.15) is 20.3 Å². The van der Waals surface area contributed by atoms with Crippen LogP contribution in [0.4, 0.5) is 4.79 Å². The van der Waals surface area contributed by atoms with Crippen molar-refractivity contribution in [3.8, 4) is 0 Å². The van der Waals surface area contributed by atoms with E-state index in [0.29, 0.717) is 0 Å². The van der Waals surface area contributed by atoms with Gasteiger partial charge < -0.3 is 4.74 Å². The van der Waals surface area contributed by atoms with Crippen LogP contribution in [0.15, 0.2) is 0 Å². The Morgan fingerprint density at radius 1 is 1.60 bits per heavy atom. The Morgan fingerprint density at radius 2 is 2.20 bits per heavy atom. The number of hydrogen-bond donors (Lipinski definition) is 0. The topological polar surface area (TPSA) is 44.8 Å². The summed E-state index contributed by atoms with van der Waals surface area (Å²) in [5.41, 5.74) is 0. The van der Waals surface area contributed by atoms with Crippen LogP contribution in [0.5, 0.6) is 0 Å². The van der Waals surface area contributed by atoms with Crippen molar-refractivity contribution in [3.63, 3.8) is 0 Å². The van der Waals surface area contributed by atoms with Crippen molar-refractivity contribution in [1.29, 1.82) is 0 Å². The highest BCUT2D eigenvalue weighted by Gasteiger charge is 2.07. The lowest BCUT2D eigenvalue weighted by atomic mass is 10.3. The molecule has 4 nitrogen and oxygen atoms in total. The van der Waals surface area contributed by atoms with Gasteiger partial charge in [0, 0.05) is 0 Å². The molecule has 0 N–H and O–H groups in total. The third-order valence-electron chi connectivity index (χ3n) is 1.02. The van der Waals surface area contributed by atoms with Crippen molar-refractivity contribution >= 4 is 6.16 Å². The zero-order valence-corrected chi connectivity index (χ0v) is 6.42. The highest BCUT2D eigenvalue weighted by Crippen LogP contribution is 1.97. The molecule has 0 spiro atoms. The van der Waals surface area contributed by atoms with E-state index in [9.17, 15) is 4.79 Å². The standard InChI is InChI=1S/C6H12O4/c1-4-5(2)9-6(7)10-8-3/h5H,4H2,1-3H3. The first-order chi connectivity index (χ1) is 4.70. The van der Waals surface area contributed by atoms with Crippen LogP contribution in [-0.2, 0) is 14.5 Å². The molecule has 1 unspecified atom stereocenters. The minimum Gasteiger partial charge on any atom is -0.429 e.